The lowest BCUT2D eigenvalue weighted by molar-refractivity contribution is 0.0825. The van der Waals surface area contributed by atoms with Crippen molar-refractivity contribution in [2.75, 3.05) is 24.8 Å². The Labute approximate surface area is 199 Å². The molecule has 34 heavy (non-hydrogen) atoms. The molecular weight excluding hydrogens is 456 g/mol. The van der Waals surface area contributed by atoms with Crippen LogP contribution >= 0.6 is 11.8 Å². The summed E-state index contributed by atoms with van der Waals surface area (Å²) in [5, 5.41) is 12.4. The number of thioether (sulfide) groups is 1. The Kier molecular flexibility index (Phi) is 6.04. The summed E-state index contributed by atoms with van der Waals surface area (Å²) in [4.78, 5) is 12.9. The van der Waals surface area contributed by atoms with Crippen molar-refractivity contribution in [3.05, 3.63) is 60.2 Å². The van der Waals surface area contributed by atoms with Crippen LogP contribution in [-0.2, 0) is 12.8 Å². The monoisotopic (exact) mass is 478 g/mol. The van der Waals surface area contributed by atoms with Crippen molar-refractivity contribution in [3.8, 4) is 17.2 Å². The lowest BCUT2D eigenvalue weighted by atomic mass is 10.2. The lowest BCUT2D eigenvalue weighted by Crippen LogP contribution is -2.24. The highest BCUT2D eigenvalue weighted by Crippen LogP contribution is 2.36. The zero-order valence-electron chi connectivity index (χ0n) is 18.5. The third kappa shape index (κ3) is 4.53. The number of nitrogen functional groups attached to an aromatic ring is 1. The first-order chi connectivity index (χ1) is 16.6. The van der Waals surface area contributed by atoms with E-state index in [0.717, 1.165) is 11.4 Å². The number of nitrogens with zero attached hydrogens (tertiary/aromatic N) is 6. The molecule has 0 saturated heterocycles. The smallest absolute Gasteiger partial charge is 0.232 e. The van der Waals surface area contributed by atoms with Crippen molar-refractivity contribution >= 4 is 29.3 Å². The number of para-hydroxylation sites is 4. The number of hydrogen-bond donors (Lipinski definition) is 2. The van der Waals surface area contributed by atoms with Gasteiger partial charge in [-0.1, -0.05) is 36.0 Å². The fraction of sp³-hybridized carbons (Fsp3) is 0.227. The van der Waals surface area contributed by atoms with Crippen LogP contribution in [0.5, 0.6) is 17.2 Å². The summed E-state index contributed by atoms with van der Waals surface area (Å²) >= 11 is 1.43. The first-order valence-corrected chi connectivity index (χ1v) is 11.4. The molecule has 0 aliphatic carbocycles. The van der Waals surface area contributed by atoms with E-state index < -0.39 is 0 Å². The number of aromatic nitrogens is 6. The summed E-state index contributed by atoms with van der Waals surface area (Å²) in [5.74, 6) is 4.12. The summed E-state index contributed by atoms with van der Waals surface area (Å²) in [6.45, 7) is 0.357. The molecule has 1 atom stereocenters. The van der Waals surface area contributed by atoms with Crippen LogP contribution in [0, 0.1) is 0 Å². The third-order valence-corrected chi connectivity index (χ3v) is 6.06. The van der Waals surface area contributed by atoms with Gasteiger partial charge in [-0.05, 0) is 24.3 Å². The molecule has 2 aromatic heterocycles. The van der Waals surface area contributed by atoms with Crippen LogP contribution in [0.25, 0.3) is 0 Å². The molecule has 0 bridgehead atoms. The van der Waals surface area contributed by atoms with E-state index in [4.69, 9.17) is 19.9 Å². The molecule has 12 heteroatoms. The van der Waals surface area contributed by atoms with Gasteiger partial charge in [-0.25, -0.2) is 0 Å². The highest BCUT2D eigenvalue weighted by Gasteiger charge is 2.27. The molecular formula is C22H22N8O3S. The van der Waals surface area contributed by atoms with Crippen LogP contribution in [0.2, 0.25) is 0 Å². The minimum absolute atomic E-state index is 0.119. The van der Waals surface area contributed by atoms with E-state index in [-0.39, 0.29) is 12.1 Å². The number of methoxy groups -OCH3 is 1. The van der Waals surface area contributed by atoms with Crippen LogP contribution in [0.4, 0.5) is 17.6 Å². The molecule has 1 aliphatic rings. The molecule has 11 nitrogen and oxygen atoms in total. The van der Waals surface area contributed by atoms with E-state index in [1.54, 1.807) is 7.11 Å². The van der Waals surface area contributed by atoms with Crippen LogP contribution < -0.4 is 25.3 Å². The Balaban J connectivity index is 1.28. The Morgan fingerprint density at radius 2 is 1.88 bits per heavy atom. The summed E-state index contributed by atoms with van der Waals surface area (Å²) in [6, 6.07) is 15.0. The van der Waals surface area contributed by atoms with E-state index in [9.17, 15) is 0 Å². The SMILES string of the molecule is COc1ccccc1Nc1nc(N)nc(CSc2nnc(C3COc4ccccc4O3)n2C)n1. The van der Waals surface area contributed by atoms with Gasteiger partial charge in [-0.3, -0.25) is 0 Å². The van der Waals surface area contributed by atoms with Gasteiger partial charge in [0.15, 0.2) is 28.6 Å². The highest BCUT2D eigenvalue weighted by atomic mass is 32.2. The fourth-order valence-corrected chi connectivity index (χ4v) is 4.21. The maximum absolute atomic E-state index is 6.06. The quantitative estimate of drug-likeness (QED) is 0.379. The predicted octanol–water partition coefficient (Wildman–Crippen LogP) is 3.14. The second-order valence-corrected chi connectivity index (χ2v) is 8.25. The van der Waals surface area contributed by atoms with Gasteiger partial charge < -0.3 is 29.8 Å². The summed E-state index contributed by atoms with van der Waals surface area (Å²) in [7, 11) is 3.49. The topological polar surface area (TPSA) is 135 Å². The third-order valence-electron chi connectivity index (χ3n) is 5.05. The van der Waals surface area contributed by atoms with E-state index in [1.165, 1.54) is 11.8 Å². The molecule has 2 aromatic carbocycles. The first-order valence-electron chi connectivity index (χ1n) is 10.4. The number of nitrogens with one attached hydrogen (secondary N) is 1. The Morgan fingerprint density at radius 3 is 2.74 bits per heavy atom. The number of nitrogens with two attached hydrogens (primary N) is 1. The summed E-state index contributed by atoms with van der Waals surface area (Å²) in [5.41, 5.74) is 6.64. The van der Waals surface area contributed by atoms with Crippen molar-refractivity contribution in [1.82, 2.24) is 29.7 Å². The van der Waals surface area contributed by atoms with Crippen molar-refractivity contribution in [2.45, 2.75) is 17.0 Å². The minimum Gasteiger partial charge on any atom is -0.495 e. The number of fused-ring (bicyclic) bond motifs is 1. The van der Waals surface area contributed by atoms with Gasteiger partial charge in [0.1, 0.15) is 18.2 Å². The molecule has 1 unspecified atom stereocenters. The molecule has 3 heterocycles. The number of anilines is 3. The van der Waals surface area contributed by atoms with Crippen molar-refractivity contribution in [2.24, 2.45) is 7.05 Å². The van der Waals surface area contributed by atoms with E-state index in [1.807, 2.05) is 60.1 Å². The van der Waals surface area contributed by atoms with Crippen LogP contribution in [0.1, 0.15) is 17.8 Å². The average Bonchev–Trinajstić information content (AvgIpc) is 3.22. The fourth-order valence-electron chi connectivity index (χ4n) is 3.43. The molecule has 0 amide bonds. The summed E-state index contributed by atoms with van der Waals surface area (Å²) < 4.78 is 19.1. The van der Waals surface area contributed by atoms with Gasteiger partial charge in [-0.2, -0.15) is 15.0 Å². The van der Waals surface area contributed by atoms with Crippen LogP contribution in [-0.4, -0.2) is 43.4 Å². The van der Waals surface area contributed by atoms with Gasteiger partial charge in [0, 0.05) is 7.05 Å². The molecule has 0 radical (unpaired) electrons. The largest absolute Gasteiger partial charge is 0.495 e. The minimum atomic E-state index is -0.355. The van der Waals surface area contributed by atoms with Gasteiger partial charge in [0.2, 0.25) is 11.9 Å². The average molecular weight is 479 g/mol. The standard InChI is InChI=1S/C22H22N8O3S/c1-30-19(17-11-32-15-9-5-6-10-16(15)33-17)28-29-22(30)34-12-18-25-20(23)27-21(26-18)24-13-7-3-4-8-14(13)31-2/h3-10,17H,11-12H2,1-2H3,(H3,23,24,25,26,27). The van der Waals surface area contributed by atoms with Gasteiger partial charge in [0.05, 0.1) is 18.6 Å². The molecule has 0 spiro atoms. The second kappa shape index (κ2) is 9.43. The molecule has 1 aliphatic heterocycles. The molecule has 0 saturated carbocycles. The van der Waals surface area contributed by atoms with E-state index >= 15 is 0 Å². The number of rotatable bonds is 7. The Morgan fingerprint density at radius 1 is 1.09 bits per heavy atom. The molecule has 0 fully saturated rings. The Hall–Kier alpha value is -4.06. The zero-order valence-corrected chi connectivity index (χ0v) is 19.3. The van der Waals surface area contributed by atoms with Crippen LogP contribution in [0.3, 0.4) is 0 Å². The molecule has 174 valence electrons. The second-order valence-electron chi connectivity index (χ2n) is 7.31. The maximum Gasteiger partial charge on any atom is 0.232 e. The van der Waals surface area contributed by atoms with E-state index in [2.05, 4.69) is 30.5 Å². The number of hydrogen-bond acceptors (Lipinski definition) is 11. The van der Waals surface area contributed by atoms with Gasteiger partial charge >= 0.3 is 0 Å². The molecule has 4 aromatic rings. The number of ether oxygens (including phenoxy) is 3. The Bertz CT molecular complexity index is 1320. The summed E-state index contributed by atoms with van der Waals surface area (Å²) in [6.07, 6.45) is -0.355. The highest BCUT2D eigenvalue weighted by molar-refractivity contribution is 7.98. The van der Waals surface area contributed by atoms with Crippen molar-refractivity contribution in [1.29, 1.82) is 0 Å². The maximum atomic E-state index is 6.06. The van der Waals surface area contributed by atoms with Crippen molar-refractivity contribution < 1.29 is 14.2 Å². The number of benzene rings is 2. The first kappa shape index (κ1) is 21.8. The molecule has 5 rings (SSSR count). The normalized spacial score (nSPS) is 14.6. The van der Waals surface area contributed by atoms with Crippen molar-refractivity contribution in [3.63, 3.8) is 0 Å². The zero-order chi connectivity index (χ0) is 23.5. The van der Waals surface area contributed by atoms with E-state index in [0.29, 0.717) is 46.6 Å². The molecule has 3 N–H and O–H groups in total. The lowest BCUT2D eigenvalue weighted by Gasteiger charge is -2.25. The van der Waals surface area contributed by atoms with Gasteiger partial charge in [-0.15, -0.1) is 10.2 Å². The van der Waals surface area contributed by atoms with Crippen LogP contribution in [0.15, 0.2) is 53.7 Å². The van der Waals surface area contributed by atoms with Gasteiger partial charge in [0.25, 0.3) is 0 Å². The predicted molar refractivity (Wildman–Crippen MR) is 126 cm³/mol.